The quantitative estimate of drug-likeness (QED) is 0.633. The first-order chi connectivity index (χ1) is 8.15. The summed E-state index contributed by atoms with van der Waals surface area (Å²) in [5.74, 6) is -0.815. The van der Waals surface area contributed by atoms with Gasteiger partial charge in [0.2, 0.25) is 0 Å². The van der Waals surface area contributed by atoms with Crippen LogP contribution in [-0.4, -0.2) is 5.91 Å². The van der Waals surface area contributed by atoms with Crippen molar-refractivity contribution in [1.29, 1.82) is 0 Å². The third-order valence-corrected chi connectivity index (χ3v) is 2.15. The van der Waals surface area contributed by atoms with Gasteiger partial charge in [0.05, 0.1) is 5.56 Å². The lowest BCUT2D eigenvalue weighted by atomic mass is 10.2. The van der Waals surface area contributed by atoms with Crippen LogP contribution in [-0.2, 0) is 0 Å². The lowest BCUT2D eigenvalue weighted by Crippen LogP contribution is -2.25. The highest BCUT2D eigenvalue weighted by atomic mass is 19.1. The maximum Gasteiger partial charge on any atom is 0.256 e. The average molecular weight is 232 g/mol. The van der Waals surface area contributed by atoms with E-state index in [1.165, 1.54) is 42.7 Å². The Balaban J connectivity index is 2.14. The second-order valence-corrected chi connectivity index (χ2v) is 3.41. The first kappa shape index (κ1) is 11.1. The summed E-state index contributed by atoms with van der Waals surface area (Å²) >= 11 is 0. The van der Waals surface area contributed by atoms with E-state index in [4.69, 9.17) is 0 Å². The van der Waals surface area contributed by atoms with Gasteiger partial charge < -0.3 is 10.5 Å². The number of anilines is 1. The molecule has 1 aromatic carbocycles. The summed E-state index contributed by atoms with van der Waals surface area (Å²) in [5, 5.41) is 13.3. The van der Waals surface area contributed by atoms with Crippen LogP contribution in [0.5, 0.6) is 0 Å². The highest BCUT2D eigenvalue weighted by molar-refractivity contribution is 6.04. The molecule has 17 heavy (non-hydrogen) atoms. The molecule has 0 spiro atoms. The van der Waals surface area contributed by atoms with Crippen LogP contribution in [0.1, 0.15) is 10.4 Å². The Hall–Kier alpha value is -2.43. The molecule has 2 aromatic rings. The predicted octanol–water partition coefficient (Wildman–Crippen LogP) is 1.71. The Labute approximate surface area is 96.9 Å². The summed E-state index contributed by atoms with van der Waals surface area (Å²) in [7, 11) is 0. The minimum absolute atomic E-state index is 0.335. The second kappa shape index (κ2) is 4.61. The van der Waals surface area contributed by atoms with Gasteiger partial charge in [-0.25, -0.2) is 4.39 Å². The van der Waals surface area contributed by atoms with Gasteiger partial charge in [-0.15, -0.1) is 0 Å². The van der Waals surface area contributed by atoms with Gasteiger partial charge in [0.25, 0.3) is 5.91 Å². The topological polar surface area (TPSA) is 56.0 Å². The van der Waals surface area contributed by atoms with E-state index in [0.29, 0.717) is 16.0 Å². The fourth-order valence-corrected chi connectivity index (χ4v) is 1.33. The smallest absolute Gasteiger partial charge is 0.256 e. The molecule has 4 nitrogen and oxygen atoms in total. The molecule has 0 saturated carbocycles. The van der Waals surface area contributed by atoms with Crippen molar-refractivity contribution in [2.45, 2.75) is 0 Å². The number of nitrogens with zero attached hydrogens (tertiary/aromatic N) is 1. The number of carbonyl (C=O) groups excluding carboxylic acids is 1. The molecule has 2 rings (SSSR count). The number of halogens is 1. The minimum atomic E-state index is -0.423. The zero-order valence-electron chi connectivity index (χ0n) is 8.76. The molecule has 0 radical (unpaired) electrons. The Kier molecular flexibility index (Phi) is 3.00. The standard InChI is InChI=1S/C12H9FN2O2/c13-10-2-1-3-11(8-10)14-12(16)9-4-6-15(17)7-5-9/h1-8H,(H,14,16). The molecule has 1 heterocycles. The molecule has 0 fully saturated rings. The van der Waals surface area contributed by atoms with Crippen molar-refractivity contribution in [3.8, 4) is 0 Å². The van der Waals surface area contributed by atoms with Crippen molar-refractivity contribution in [2.24, 2.45) is 0 Å². The number of pyridine rings is 1. The van der Waals surface area contributed by atoms with Crippen molar-refractivity contribution in [2.75, 3.05) is 5.32 Å². The van der Waals surface area contributed by atoms with Crippen LogP contribution in [0.4, 0.5) is 10.1 Å². The summed E-state index contributed by atoms with van der Waals surface area (Å²) in [4.78, 5) is 11.7. The molecule has 1 aromatic heterocycles. The van der Waals surface area contributed by atoms with Crippen molar-refractivity contribution in [3.63, 3.8) is 0 Å². The summed E-state index contributed by atoms with van der Waals surface area (Å²) in [5.41, 5.74) is 0.704. The van der Waals surface area contributed by atoms with E-state index in [1.807, 2.05) is 0 Å². The van der Waals surface area contributed by atoms with E-state index in [0.717, 1.165) is 0 Å². The number of aromatic nitrogens is 1. The SMILES string of the molecule is O=C(Nc1cccc(F)c1)c1cc[n+]([O-])cc1. The van der Waals surface area contributed by atoms with Crippen LogP contribution in [0.25, 0.3) is 0 Å². The molecule has 5 heteroatoms. The molecule has 0 aliphatic carbocycles. The van der Waals surface area contributed by atoms with Gasteiger partial charge in [-0.05, 0) is 18.2 Å². The summed E-state index contributed by atoms with van der Waals surface area (Å²) in [6.45, 7) is 0. The Morgan fingerprint density at radius 3 is 2.59 bits per heavy atom. The number of carbonyl (C=O) groups is 1. The van der Waals surface area contributed by atoms with E-state index < -0.39 is 11.7 Å². The largest absolute Gasteiger partial charge is 0.619 e. The van der Waals surface area contributed by atoms with Crippen LogP contribution >= 0.6 is 0 Å². The Bertz CT molecular complexity index is 540. The monoisotopic (exact) mass is 232 g/mol. The normalized spacial score (nSPS) is 9.94. The number of hydrogen-bond acceptors (Lipinski definition) is 2. The molecular weight excluding hydrogens is 223 g/mol. The van der Waals surface area contributed by atoms with Crippen molar-refractivity contribution >= 4 is 11.6 Å². The number of nitrogens with one attached hydrogen (secondary N) is 1. The first-order valence-electron chi connectivity index (χ1n) is 4.91. The lowest BCUT2D eigenvalue weighted by Gasteiger charge is -2.04. The molecule has 0 unspecified atom stereocenters. The fourth-order valence-electron chi connectivity index (χ4n) is 1.33. The van der Waals surface area contributed by atoms with Crippen LogP contribution in [0.2, 0.25) is 0 Å². The Morgan fingerprint density at radius 1 is 1.24 bits per heavy atom. The van der Waals surface area contributed by atoms with Crippen LogP contribution in [0, 0.1) is 11.0 Å². The first-order valence-corrected chi connectivity index (χ1v) is 4.91. The second-order valence-electron chi connectivity index (χ2n) is 3.41. The maximum absolute atomic E-state index is 12.9. The van der Waals surface area contributed by atoms with Crippen molar-refractivity contribution in [1.82, 2.24) is 0 Å². The summed E-state index contributed by atoms with van der Waals surface area (Å²) in [6, 6.07) is 8.37. The van der Waals surface area contributed by atoms with Crippen molar-refractivity contribution < 1.29 is 13.9 Å². The van der Waals surface area contributed by atoms with Crippen LogP contribution in [0.3, 0.4) is 0 Å². The molecular formula is C12H9FN2O2. The maximum atomic E-state index is 12.9. The highest BCUT2D eigenvalue weighted by Crippen LogP contribution is 2.10. The molecule has 1 amide bonds. The molecule has 1 N–H and O–H groups in total. The van der Waals surface area contributed by atoms with Gasteiger partial charge >= 0.3 is 0 Å². The van der Waals surface area contributed by atoms with E-state index in [9.17, 15) is 14.4 Å². The van der Waals surface area contributed by atoms with Crippen LogP contribution < -0.4 is 10.0 Å². The third kappa shape index (κ3) is 2.78. The summed E-state index contributed by atoms with van der Waals surface area (Å²) < 4.78 is 13.5. The van der Waals surface area contributed by atoms with E-state index >= 15 is 0 Å². The van der Waals surface area contributed by atoms with Crippen LogP contribution in [0.15, 0.2) is 48.8 Å². The summed E-state index contributed by atoms with van der Waals surface area (Å²) in [6.07, 6.45) is 2.45. The van der Waals surface area contributed by atoms with Gasteiger partial charge in [-0.2, -0.15) is 4.73 Å². The Morgan fingerprint density at radius 2 is 1.94 bits per heavy atom. The lowest BCUT2D eigenvalue weighted by molar-refractivity contribution is -0.605. The molecule has 86 valence electrons. The average Bonchev–Trinajstić information content (AvgIpc) is 2.29. The number of amides is 1. The molecule has 0 atom stereocenters. The molecule has 0 aliphatic heterocycles. The molecule has 0 aliphatic rings. The molecule has 0 bridgehead atoms. The molecule has 0 saturated heterocycles. The van der Waals surface area contributed by atoms with E-state index in [-0.39, 0.29) is 0 Å². The fraction of sp³-hybridized carbons (Fsp3) is 0. The van der Waals surface area contributed by atoms with Gasteiger partial charge in [0.15, 0.2) is 12.4 Å². The predicted molar refractivity (Wildman–Crippen MR) is 59.8 cm³/mol. The van der Waals surface area contributed by atoms with Crippen molar-refractivity contribution in [3.05, 3.63) is 65.4 Å². The van der Waals surface area contributed by atoms with Gasteiger partial charge in [-0.3, -0.25) is 4.79 Å². The van der Waals surface area contributed by atoms with E-state index in [1.54, 1.807) is 6.07 Å². The minimum Gasteiger partial charge on any atom is -0.619 e. The number of benzene rings is 1. The van der Waals surface area contributed by atoms with Gasteiger partial charge in [-0.1, -0.05) is 6.07 Å². The number of hydrogen-bond donors (Lipinski definition) is 1. The number of rotatable bonds is 2. The zero-order valence-corrected chi connectivity index (χ0v) is 8.76. The zero-order chi connectivity index (χ0) is 12.3. The van der Waals surface area contributed by atoms with E-state index in [2.05, 4.69) is 5.32 Å². The highest BCUT2D eigenvalue weighted by Gasteiger charge is 2.07. The third-order valence-electron chi connectivity index (χ3n) is 2.15. The van der Waals surface area contributed by atoms with Gasteiger partial charge in [0, 0.05) is 17.8 Å². The van der Waals surface area contributed by atoms with Gasteiger partial charge in [0.1, 0.15) is 5.82 Å².